The number of hydrogen-bond acceptors (Lipinski definition) is 4. The molecular weight excluding hydrogens is 280 g/mol. The van der Waals surface area contributed by atoms with Crippen LogP contribution in [0.15, 0.2) is 34.9 Å². The second-order valence-electron chi connectivity index (χ2n) is 3.47. The fraction of sp³-hybridized carbons (Fsp3) is 0.0833. The molecular formula is C12H9BrN4. The molecule has 84 valence electrons. The molecule has 0 atom stereocenters. The number of aromatic nitrogens is 2. The van der Waals surface area contributed by atoms with Gasteiger partial charge in [-0.2, -0.15) is 5.26 Å². The van der Waals surface area contributed by atoms with Crippen LogP contribution in [0, 0.1) is 18.3 Å². The molecule has 0 spiro atoms. The van der Waals surface area contributed by atoms with Crippen molar-refractivity contribution in [2.75, 3.05) is 5.32 Å². The number of nitriles is 1. The van der Waals surface area contributed by atoms with Crippen LogP contribution in [0.5, 0.6) is 0 Å². The Morgan fingerprint density at radius 2 is 2.18 bits per heavy atom. The number of nitrogens with zero attached hydrogens (tertiary/aromatic N) is 3. The van der Waals surface area contributed by atoms with Gasteiger partial charge in [0.05, 0.1) is 0 Å². The summed E-state index contributed by atoms with van der Waals surface area (Å²) in [5.41, 5.74) is 2.37. The monoisotopic (exact) mass is 288 g/mol. The summed E-state index contributed by atoms with van der Waals surface area (Å²) in [6, 6.07) is 9.40. The second kappa shape index (κ2) is 4.93. The lowest BCUT2D eigenvalue weighted by atomic mass is 10.2. The van der Waals surface area contributed by atoms with Crippen LogP contribution in [-0.2, 0) is 0 Å². The summed E-state index contributed by atoms with van der Waals surface area (Å²) in [7, 11) is 0. The van der Waals surface area contributed by atoms with E-state index in [4.69, 9.17) is 5.26 Å². The molecule has 17 heavy (non-hydrogen) atoms. The normalized spacial score (nSPS) is 9.71. The predicted octanol–water partition coefficient (Wildman–Crippen LogP) is 3.16. The summed E-state index contributed by atoms with van der Waals surface area (Å²) < 4.78 is 1.01. The van der Waals surface area contributed by atoms with Crippen LogP contribution >= 0.6 is 15.9 Å². The highest BCUT2D eigenvalue weighted by atomic mass is 79.9. The summed E-state index contributed by atoms with van der Waals surface area (Å²) in [6.45, 7) is 2.01. The molecule has 0 fully saturated rings. The van der Waals surface area contributed by atoms with Crippen molar-refractivity contribution in [3.8, 4) is 6.07 Å². The maximum absolute atomic E-state index is 8.73. The molecule has 1 N–H and O–H groups in total. The number of halogens is 1. The summed E-state index contributed by atoms with van der Waals surface area (Å²) in [6.07, 6.45) is 1.55. The number of benzene rings is 1. The molecule has 2 aromatic rings. The Labute approximate surface area is 107 Å². The van der Waals surface area contributed by atoms with E-state index in [1.54, 1.807) is 12.3 Å². The first-order valence-corrected chi connectivity index (χ1v) is 5.74. The van der Waals surface area contributed by atoms with Gasteiger partial charge in [0.1, 0.15) is 11.8 Å². The molecule has 1 aromatic heterocycles. The molecule has 0 saturated heterocycles. The standard InChI is InChI=1S/C12H9BrN4/c1-8-2-3-9(6-11(8)13)16-12-15-5-4-10(7-14)17-12/h2-6H,1H3,(H,15,16,17). The molecule has 0 radical (unpaired) electrons. The molecule has 0 amide bonds. The van der Waals surface area contributed by atoms with Gasteiger partial charge in [-0.25, -0.2) is 9.97 Å². The number of aryl methyl sites for hydroxylation is 1. The number of anilines is 2. The van der Waals surface area contributed by atoms with Crippen LogP contribution in [0.2, 0.25) is 0 Å². The Bertz CT molecular complexity index is 589. The van der Waals surface area contributed by atoms with E-state index in [1.165, 1.54) is 0 Å². The number of nitrogens with one attached hydrogen (secondary N) is 1. The van der Waals surface area contributed by atoms with Crippen LogP contribution in [0.4, 0.5) is 11.6 Å². The molecule has 0 bridgehead atoms. The van der Waals surface area contributed by atoms with E-state index in [1.807, 2.05) is 31.2 Å². The maximum atomic E-state index is 8.73. The molecule has 0 aliphatic carbocycles. The SMILES string of the molecule is Cc1ccc(Nc2nccc(C#N)n2)cc1Br. The Kier molecular flexibility index (Phi) is 3.35. The minimum atomic E-state index is 0.341. The minimum absolute atomic E-state index is 0.341. The largest absolute Gasteiger partial charge is 0.324 e. The number of rotatable bonds is 2. The van der Waals surface area contributed by atoms with Gasteiger partial charge >= 0.3 is 0 Å². The van der Waals surface area contributed by atoms with Crippen molar-refractivity contribution in [1.82, 2.24) is 9.97 Å². The third-order valence-corrected chi connectivity index (χ3v) is 3.05. The van der Waals surface area contributed by atoms with Crippen LogP contribution < -0.4 is 5.32 Å². The van der Waals surface area contributed by atoms with E-state index < -0.39 is 0 Å². The molecule has 0 aliphatic rings. The highest BCUT2D eigenvalue weighted by Gasteiger charge is 2.01. The fourth-order valence-electron chi connectivity index (χ4n) is 1.28. The summed E-state index contributed by atoms with van der Waals surface area (Å²) in [5.74, 6) is 0.416. The minimum Gasteiger partial charge on any atom is -0.324 e. The van der Waals surface area contributed by atoms with Gasteiger partial charge in [0.2, 0.25) is 5.95 Å². The van der Waals surface area contributed by atoms with E-state index >= 15 is 0 Å². The average Bonchev–Trinajstić information content (AvgIpc) is 2.34. The summed E-state index contributed by atoms with van der Waals surface area (Å²) >= 11 is 3.45. The first-order chi connectivity index (χ1) is 8.19. The third-order valence-electron chi connectivity index (χ3n) is 2.20. The first-order valence-electron chi connectivity index (χ1n) is 4.95. The molecule has 0 saturated carbocycles. The zero-order chi connectivity index (χ0) is 12.3. The Morgan fingerprint density at radius 3 is 2.88 bits per heavy atom. The molecule has 0 unspecified atom stereocenters. The van der Waals surface area contributed by atoms with Crippen molar-refractivity contribution >= 4 is 27.6 Å². The van der Waals surface area contributed by atoms with Gasteiger partial charge in [-0.15, -0.1) is 0 Å². The van der Waals surface area contributed by atoms with Gasteiger partial charge in [0.25, 0.3) is 0 Å². The van der Waals surface area contributed by atoms with Gasteiger partial charge in [-0.3, -0.25) is 0 Å². The Hall–Kier alpha value is -1.93. The Morgan fingerprint density at radius 1 is 1.35 bits per heavy atom. The molecule has 0 aliphatic heterocycles. The molecule has 1 aromatic carbocycles. The second-order valence-corrected chi connectivity index (χ2v) is 4.32. The van der Waals surface area contributed by atoms with Gasteiger partial charge in [0, 0.05) is 16.4 Å². The lowest BCUT2D eigenvalue weighted by molar-refractivity contribution is 1.14. The van der Waals surface area contributed by atoms with Crippen molar-refractivity contribution in [2.45, 2.75) is 6.92 Å². The van der Waals surface area contributed by atoms with Crippen molar-refractivity contribution in [2.24, 2.45) is 0 Å². The van der Waals surface area contributed by atoms with Gasteiger partial charge in [-0.05, 0) is 30.7 Å². The third kappa shape index (κ3) is 2.80. The number of hydrogen-bond donors (Lipinski definition) is 1. The van der Waals surface area contributed by atoms with Crippen LogP contribution in [0.3, 0.4) is 0 Å². The quantitative estimate of drug-likeness (QED) is 0.922. The fourth-order valence-corrected chi connectivity index (χ4v) is 1.66. The van der Waals surface area contributed by atoms with E-state index in [0.717, 1.165) is 15.7 Å². The van der Waals surface area contributed by atoms with Crippen molar-refractivity contribution in [1.29, 1.82) is 5.26 Å². The average molecular weight is 289 g/mol. The van der Waals surface area contributed by atoms with E-state index in [9.17, 15) is 0 Å². The smallest absolute Gasteiger partial charge is 0.228 e. The predicted molar refractivity (Wildman–Crippen MR) is 68.9 cm³/mol. The van der Waals surface area contributed by atoms with Crippen molar-refractivity contribution in [3.63, 3.8) is 0 Å². The van der Waals surface area contributed by atoms with Crippen LogP contribution in [-0.4, -0.2) is 9.97 Å². The highest BCUT2D eigenvalue weighted by molar-refractivity contribution is 9.10. The molecule has 5 heteroatoms. The summed E-state index contributed by atoms with van der Waals surface area (Å²) in [5, 5.41) is 11.8. The van der Waals surface area contributed by atoms with E-state index in [0.29, 0.717) is 11.6 Å². The van der Waals surface area contributed by atoms with E-state index in [2.05, 4.69) is 31.2 Å². The molecule has 1 heterocycles. The highest BCUT2D eigenvalue weighted by Crippen LogP contribution is 2.22. The lowest BCUT2D eigenvalue weighted by Gasteiger charge is -2.06. The lowest BCUT2D eigenvalue weighted by Crippen LogP contribution is -1.98. The topological polar surface area (TPSA) is 61.6 Å². The van der Waals surface area contributed by atoms with Gasteiger partial charge in [0.15, 0.2) is 0 Å². The van der Waals surface area contributed by atoms with Crippen molar-refractivity contribution < 1.29 is 0 Å². The molecule has 4 nitrogen and oxygen atoms in total. The van der Waals surface area contributed by atoms with Gasteiger partial charge in [-0.1, -0.05) is 22.0 Å². The van der Waals surface area contributed by atoms with E-state index in [-0.39, 0.29) is 0 Å². The molecule has 2 rings (SSSR count). The van der Waals surface area contributed by atoms with Crippen LogP contribution in [0.25, 0.3) is 0 Å². The summed E-state index contributed by atoms with van der Waals surface area (Å²) in [4.78, 5) is 8.09. The van der Waals surface area contributed by atoms with Crippen LogP contribution in [0.1, 0.15) is 11.3 Å². The zero-order valence-corrected chi connectivity index (χ0v) is 10.7. The first kappa shape index (κ1) is 11.6. The van der Waals surface area contributed by atoms with Gasteiger partial charge < -0.3 is 5.32 Å². The van der Waals surface area contributed by atoms with Crippen molar-refractivity contribution in [3.05, 3.63) is 46.2 Å². The maximum Gasteiger partial charge on any atom is 0.228 e. The Balaban J connectivity index is 2.25. The zero-order valence-electron chi connectivity index (χ0n) is 9.11.